The minimum absolute atomic E-state index is 0.320. The average molecular weight is 197 g/mol. The van der Waals surface area contributed by atoms with Crippen LogP contribution in [0.1, 0.15) is 60.8 Å². The SMILES string of the molecule is CCC1(CC)C[C@H]1C(C)(C)NC(C)C. The molecule has 0 spiro atoms. The Morgan fingerprint density at radius 3 is 2.07 bits per heavy atom. The molecule has 0 heterocycles. The van der Waals surface area contributed by atoms with Crippen molar-refractivity contribution in [2.24, 2.45) is 11.3 Å². The average Bonchev–Trinajstić information content (AvgIpc) is 2.78. The van der Waals surface area contributed by atoms with Crippen molar-refractivity contribution in [1.29, 1.82) is 0 Å². The highest BCUT2D eigenvalue weighted by atomic mass is 15.0. The van der Waals surface area contributed by atoms with E-state index in [1.54, 1.807) is 0 Å². The lowest BCUT2D eigenvalue weighted by Gasteiger charge is -2.32. The first-order valence-corrected chi connectivity index (χ1v) is 6.15. The Kier molecular flexibility index (Phi) is 3.30. The second-order valence-electron chi connectivity index (χ2n) is 5.85. The first-order chi connectivity index (χ1) is 6.38. The predicted octanol–water partition coefficient (Wildman–Crippen LogP) is 3.59. The largest absolute Gasteiger partial charge is 0.309 e. The van der Waals surface area contributed by atoms with Crippen LogP contribution < -0.4 is 5.32 Å². The van der Waals surface area contributed by atoms with Gasteiger partial charge >= 0.3 is 0 Å². The molecule has 1 aliphatic rings. The Hall–Kier alpha value is -0.0400. The molecule has 0 aromatic rings. The Bertz CT molecular complexity index is 189. The van der Waals surface area contributed by atoms with Gasteiger partial charge < -0.3 is 5.32 Å². The summed E-state index contributed by atoms with van der Waals surface area (Å²) in [6, 6.07) is 0.594. The Morgan fingerprint density at radius 2 is 1.79 bits per heavy atom. The summed E-state index contributed by atoms with van der Waals surface area (Å²) in [5.41, 5.74) is 0.978. The summed E-state index contributed by atoms with van der Waals surface area (Å²) in [5, 5.41) is 3.70. The summed E-state index contributed by atoms with van der Waals surface area (Å²) >= 11 is 0. The minimum Gasteiger partial charge on any atom is -0.309 e. The fourth-order valence-electron chi connectivity index (χ4n) is 3.24. The van der Waals surface area contributed by atoms with Crippen LogP contribution in [-0.2, 0) is 0 Å². The topological polar surface area (TPSA) is 12.0 Å². The maximum absolute atomic E-state index is 3.70. The van der Waals surface area contributed by atoms with Crippen LogP contribution in [-0.4, -0.2) is 11.6 Å². The van der Waals surface area contributed by atoms with Crippen LogP contribution in [0.3, 0.4) is 0 Å². The normalized spacial score (nSPS) is 25.5. The van der Waals surface area contributed by atoms with Crippen molar-refractivity contribution in [3.63, 3.8) is 0 Å². The molecular formula is C13H27N. The van der Waals surface area contributed by atoms with Crippen LogP contribution in [0.5, 0.6) is 0 Å². The third kappa shape index (κ3) is 2.13. The molecule has 0 unspecified atom stereocenters. The van der Waals surface area contributed by atoms with E-state index in [0.717, 1.165) is 5.92 Å². The minimum atomic E-state index is 0.320. The van der Waals surface area contributed by atoms with Crippen molar-refractivity contribution in [3.8, 4) is 0 Å². The molecule has 0 aromatic carbocycles. The first-order valence-electron chi connectivity index (χ1n) is 6.15. The molecule has 1 fully saturated rings. The Balaban J connectivity index is 2.59. The van der Waals surface area contributed by atoms with Crippen LogP contribution in [0.2, 0.25) is 0 Å². The molecule has 0 aliphatic heterocycles. The van der Waals surface area contributed by atoms with Gasteiger partial charge in [0.05, 0.1) is 0 Å². The van der Waals surface area contributed by atoms with Gasteiger partial charge in [-0.2, -0.15) is 0 Å². The summed E-state index contributed by atoms with van der Waals surface area (Å²) in [6.07, 6.45) is 4.11. The van der Waals surface area contributed by atoms with E-state index in [1.807, 2.05) is 0 Å². The summed E-state index contributed by atoms with van der Waals surface area (Å²) in [4.78, 5) is 0. The summed E-state index contributed by atoms with van der Waals surface area (Å²) in [6.45, 7) is 13.9. The third-order valence-electron chi connectivity index (χ3n) is 4.13. The highest BCUT2D eigenvalue weighted by Gasteiger charge is 2.57. The second-order valence-corrected chi connectivity index (χ2v) is 5.85. The maximum Gasteiger partial charge on any atom is 0.0161 e. The van der Waals surface area contributed by atoms with Crippen molar-refractivity contribution in [1.82, 2.24) is 5.32 Å². The molecule has 0 aromatic heterocycles. The number of hydrogen-bond acceptors (Lipinski definition) is 1. The van der Waals surface area contributed by atoms with Gasteiger partial charge in [-0.1, -0.05) is 40.5 Å². The molecule has 1 saturated carbocycles. The molecule has 0 bridgehead atoms. The second kappa shape index (κ2) is 3.84. The van der Waals surface area contributed by atoms with Crippen molar-refractivity contribution in [2.75, 3.05) is 0 Å². The van der Waals surface area contributed by atoms with Crippen molar-refractivity contribution in [2.45, 2.75) is 72.4 Å². The lowest BCUT2D eigenvalue weighted by molar-refractivity contribution is 0.257. The van der Waals surface area contributed by atoms with E-state index < -0.39 is 0 Å². The lowest BCUT2D eigenvalue weighted by Crippen LogP contribution is -2.46. The van der Waals surface area contributed by atoms with E-state index >= 15 is 0 Å². The van der Waals surface area contributed by atoms with Gasteiger partial charge in [0.15, 0.2) is 0 Å². The molecule has 0 saturated heterocycles. The van der Waals surface area contributed by atoms with Crippen molar-refractivity contribution >= 4 is 0 Å². The summed E-state index contributed by atoms with van der Waals surface area (Å²) in [5.74, 6) is 0.882. The van der Waals surface area contributed by atoms with E-state index in [-0.39, 0.29) is 0 Å². The van der Waals surface area contributed by atoms with E-state index in [9.17, 15) is 0 Å². The van der Waals surface area contributed by atoms with Crippen LogP contribution in [0, 0.1) is 11.3 Å². The zero-order valence-corrected chi connectivity index (χ0v) is 10.8. The van der Waals surface area contributed by atoms with Gasteiger partial charge in [-0.05, 0) is 31.6 Å². The highest BCUT2D eigenvalue weighted by Crippen LogP contribution is 2.62. The molecular weight excluding hydrogens is 170 g/mol. The fraction of sp³-hybridized carbons (Fsp3) is 1.00. The van der Waals surface area contributed by atoms with Gasteiger partial charge in [-0.25, -0.2) is 0 Å². The molecule has 1 atom stereocenters. The van der Waals surface area contributed by atoms with Crippen molar-refractivity contribution < 1.29 is 0 Å². The van der Waals surface area contributed by atoms with E-state index in [1.165, 1.54) is 19.3 Å². The molecule has 1 N–H and O–H groups in total. The van der Waals surface area contributed by atoms with E-state index in [0.29, 0.717) is 17.0 Å². The maximum atomic E-state index is 3.70. The molecule has 84 valence electrons. The van der Waals surface area contributed by atoms with Gasteiger partial charge in [0.25, 0.3) is 0 Å². The molecule has 0 radical (unpaired) electrons. The third-order valence-corrected chi connectivity index (χ3v) is 4.13. The van der Waals surface area contributed by atoms with Gasteiger partial charge in [0, 0.05) is 11.6 Å². The molecule has 1 aliphatic carbocycles. The van der Waals surface area contributed by atoms with Gasteiger partial charge in [0.1, 0.15) is 0 Å². The zero-order valence-electron chi connectivity index (χ0n) is 10.8. The molecule has 1 heteroatoms. The quantitative estimate of drug-likeness (QED) is 0.710. The molecule has 1 nitrogen and oxygen atoms in total. The molecule has 14 heavy (non-hydrogen) atoms. The van der Waals surface area contributed by atoms with Crippen LogP contribution in [0.4, 0.5) is 0 Å². The van der Waals surface area contributed by atoms with Gasteiger partial charge in [-0.15, -0.1) is 0 Å². The fourth-order valence-corrected chi connectivity index (χ4v) is 3.24. The molecule has 1 rings (SSSR count). The van der Waals surface area contributed by atoms with Crippen molar-refractivity contribution in [3.05, 3.63) is 0 Å². The molecule has 0 amide bonds. The first kappa shape index (κ1) is 12.0. The highest BCUT2D eigenvalue weighted by molar-refractivity contribution is 5.10. The van der Waals surface area contributed by atoms with Gasteiger partial charge in [0.2, 0.25) is 0 Å². The Labute approximate surface area is 89.7 Å². The number of rotatable bonds is 5. The summed E-state index contributed by atoms with van der Waals surface area (Å²) < 4.78 is 0. The van der Waals surface area contributed by atoms with Crippen LogP contribution in [0.25, 0.3) is 0 Å². The Morgan fingerprint density at radius 1 is 1.29 bits per heavy atom. The lowest BCUT2D eigenvalue weighted by atomic mass is 9.87. The van der Waals surface area contributed by atoms with Crippen LogP contribution >= 0.6 is 0 Å². The van der Waals surface area contributed by atoms with E-state index in [4.69, 9.17) is 0 Å². The predicted molar refractivity (Wildman–Crippen MR) is 63.5 cm³/mol. The number of nitrogens with one attached hydrogen (secondary N) is 1. The van der Waals surface area contributed by atoms with Gasteiger partial charge in [-0.3, -0.25) is 0 Å². The number of hydrogen-bond donors (Lipinski definition) is 1. The zero-order chi connectivity index (χ0) is 11.0. The summed E-state index contributed by atoms with van der Waals surface area (Å²) in [7, 11) is 0. The monoisotopic (exact) mass is 197 g/mol. The van der Waals surface area contributed by atoms with Crippen LogP contribution in [0.15, 0.2) is 0 Å². The standard InChI is InChI=1S/C13H27N/c1-7-13(8-2)9-11(13)12(5,6)14-10(3)4/h10-11,14H,7-9H2,1-6H3/t11-/m0/s1. The van der Waals surface area contributed by atoms with E-state index in [2.05, 4.69) is 46.9 Å². The smallest absolute Gasteiger partial charge is 0.0161 e.